The Morgan fingerprint density at radius 2 is 2.00 bits per heavy atom. The molecule has 2 amide bonds. The van der Waals surface area contributed by atoms with E-state index in [4.69, 9.17) is 5.11 Å². The average molecular weight is 320 g/mol. The first kappa shape index (κ1) is 18.7. The van der Waals surface area contributed by atoms with E-state index < -0.39 is 11.9 Å². The fourth-order valence-electron chi connectivity index (χ4n) is 2.26. The molecular formula is C17H24N2O4. The van der Waals surface area contributed by atoms with Gasteiger partial charge in [-0.2, -0.15) is 0 Å². The van der Waals surface area contributed by atoms with E-state index in [-0.39, 0.29) is 24.8 Å². The van der Waals surface area contributed by atoms with Gasteiger partial charge in [-0.1, -0.05) is 25.5 Å². The zero-order valence-electron chi connectivity index (χ0n) is 13.6. The van der Waals surface area contributed by atoms with Gasteiger partial charge in [-0.15, -0.1) is 0 Å². The van der Waals surface area contributed by atoms with Gasteiger partial charge in [0.1, 0.15) is 0 Å². The summed E-state index contributed by atoms with van der Waals surface area (Å²) in [7, 11) is 1.57. The summed E-state index contributed by atoms with van der Waals surface area (Å²) >= 11 is 0. The van der Waals surface area contributed by atoms with Crippen LogP contribution in [0.5, 0.6) is 0 Å². The summed E-state index contributed by atoms with van der Waals surface area (Å²) in [5.41, 5.74) is 1.45. The van der Waals surface area contributed by atoms with Gasteiger partial charge >= 0.3 is 5.97 Å². The van der Waals surface area contributed by atoms with Crippen molar-refractivity contribution in [1.29, 1.82) is 0 Å². The lowest BCUT2D eigenvalue weighted by Gasteiger charge is -2.12. The molecule has 3 N–H and O–H groups in total. The van der Waals surface area contributed by atoms with E-state index in [9.17, 15) is 14.4 Å². The summed E-state index contributed by atoms with van der Waals surface area (Å²) in [5, 5.41) is 14.3. The quantitative estimate of drug-likeness (QED) is 0.644. The van der Waals surface area contributed by atoms with Crippen molar-refractivity contribution in [2.24, 2.45) is 5.92 Å². The van der Waals surface area contributed by atoms with Crippen molar-refractivity contribution in [1.82, 2.24) is 10.6 Å². The number of rotatable bonds is 9. The molecule has 1 aromatic carbocycles. The predicted octanol–water partition coefficient (Wildman–Crippen LogP) is 1.60. The molecule has 0 saturated carbocycles. The fraction of sp³-hybridized carbons (Fsp3) is 0.471. The number of carbonyl (C=O) groups is 3. The Kier molecular flexibility index (Phi) is 7.80. The first-order chi connectivity index (χ1) is 11.0. The van der Waals surface area contributed by atoms with Crippen LogP contribution in [0.1, 0.15) is 42.1 Å². The molecule has 0 aliphatic heterocycles. The Hall–Kier alpha value is -2.37. The van der Waals surface area contributed by atoms with Crippen LogP contribution in [-0.2, 0) is 16.0 Å². The zero-order valence-corrected chi connectivity index (χ0v) is 13.6. The van der Waals surface area contributed by atoms with E-state index in [1.807, 2.05) is 13.0 Å². The van der Waals surface area contributed by atoms with E-state index in [1.165, 1.54) is 0 Å². The van der Waals surface area contributed by atoms with Crippen LogP contribution in [0.4, 0.5) is 0 Å². The summed E-state index contributed by atoms with van der Waals surface area (Å²) in [6, 6.07) is 7.10. The van der Waals surface area contributed by atoms with E-state index >= 15 is 0 Å². The Labute approximate surface area is 136 Å². The number of amides is 2. The molecule has 0 fully saturated rings. The molecule has 0 saturated heterocycles. The maximum absolute atomic E-state index is 11.8. The molecule has 6 heteroatoms. The van der Waals surface area contributed by atoms with E-state index in [1.54, 1.807) is 25.2 Å². The number of benzene rings is 1. The topological polar surface area (TPSA) is 95.5 Å². The zero-order chi connectivity index (χ0) is 17.2. The third kappa shape index (κ3) is 6.50. The van der Waals surface area contributed by atoms with Crippen molar-refractivity contribution in [3.63, 3.8) is 0 Å². The number of aliphatic carboxylic acids is 1. The van der Waals surface area contributed by atoms with Crippen LogP contribution >= 0.6 is 0 Å². The minimum Gasteiger partial charge on any atom is -0.481 e. The number of hydrogen-bond acceptors (Lipinski definition) is 3. The molecule has 1 atom stereocenters. The standard InChI is InChI=1S/C17H24N2O4/c1-3-5-14(17(22)23)11-19-15(20)9-8-12-6-4-7-13(10-12)16(21)18-2/h4,6-7,10,14H,3,5,8-9,11H2,1-2H3,(H,18,21)(H,19,20)(H,22,23). The highest BCUT2D eigenvalue weighted by Crippen LogP contribution is 2.09. The highest BCUT2D eigenvalue weighted by molar-refractivity contribution is 5.94. The Balaban J connectivity index is 2.47. The molecule has 0 spiro atoms. The molecule has 0 heterocycles. The Morgan fingerprint density at radius 3 is 2.61 bits per heavy atom. The molecule has 126 valence electrons. The third-order valence-electron chi connectivity index (χ3n) is 3.59. The number of carboxylic acids is 1. The molecule has 6 nitrogen and oxygen atoms in total. The summed E-state index contributed by atoms with van der Waals surface area (Å²) < 4.78 is 0. The number of carboxylic acid groups (broad SMARTS) is 1. The van der Waals surface area contributed by atoms with Gasteiger partial charge in [-0.05, 0) is 30.5 Å². The number of aryl methyl sites for hydroxylation is 1. The summed E-state index contributed by atoms with van der Waals surface area (Å²) in [5.74, 6) is -1.77. The second-order valence-corrected chi connectivity index (χ2v) is 5.41. The van der Waals surface area contributed by atoms with Gasteiger partial charge in [0.15, 0.2) is 0 Å². The Bertz CT molecular complexity index is 557. The van der Waals surface area contributed by atoms with Crippen LogP contribution in [0.15, 0.2) is 24.3 Å². The third-order valence-corrected chi connectivity index (χ3v) is 3.59. The largest absolute Gasteiger partial charge is 0.481 e. The minimum atomic E-state index is -0.884. The van der Waals surface area contributed by atoms with Crippen LogP contribution < -0.4 is 10.6 Å². The highest BCUT2D eigenvalue weighted by atomic mass is 16.4. The van der Waals surface area contributed by atoms with E-state index in [2.05, 4.69) is 10.6 Å². The molecule has 0 aromatic heterocycles. The molecule has 1 rings (SSSR count). The molecule has 1 aromatic rings. The van der Waals surface area contributed by atoms with Crippen molar-refractivity contribution in [3.8, 4) is 0 Å². The van der Waals surface area contributed by atoms with Crippen LogP contribution in [0.2, 0.25) is 0 Å². The second-order valence-electron chi connectivity index (χ2n) is 5.41. The van der Waals surface area contributed by atoms with Gasteiger partial charge in [0.2, 0.25) is 5.91 Å². The molecule has 0 aliphatic carbocycles. The van der Waals surface area contributed by atoms with Crippen LogP contribution in [0, 0.1) is 5.92 Å². The second kappa shape index (κ2) is 9.61. The molecule has 0 bridgehead atoms. The normalized spacial score (nSPS) is 11.6. The van der Waals surface area contributed by atoms with Crippen molar-refractivity contribution in [3.05, 3.63) is 35.4 Å². The van der Waals surface area contributed by atoms with Crippen LogP contribution in [-0.4, -0.2) is 36.5 Å². The first-order valence-electron chi connectivity index (χ1n) is 7.78. The highest BCUT2D eigenvalue weighted by Gasteiger charge is 2.17. The summed E-state index contributed by atoms with van der Waals surface area (Å²) in [4.78, 5) is 34.4. The van der Waals surface area contributed by atoms with E-state index in [0.717, 1.165) is 12.0 Å². The van der Waals surface area contributed by atoms with Crippen molar-refractivity contribution in [2.45, 2.75) is 32.6 Å². The first-order valence-corrected chi connectivity index (χ1v) is 7.78. The lowest BCUT2D eigenvalue weighted by molar-refractivity contribution is -0.141. The van der Waals surface area contributed by atoms with Gasteiger partial charge in [-0.25, -0.2) is 0 Å². The van der Waals surface area contributed by atoms with E-state index in [0.29, 0.717) is 18.4 Å². The number of carbonyl (C=O) groups excluding carboxylic acids is 2. The molecule has 1 unspecified atom stereocenters. The lowest BCUT2D eigenvalue weighted by atomic mass is 10.0. The van der Waals surface area contributed by atoms with Crippen molar-refractivity contribution >= 4 is 17.8 Å². The van der Waals surface area contributed by atoms with Crippen LogP contribution in [0.3, 0.4) is 0 Å². The van der Waals surface area contributed by atoms with Crippen molar-refractivity contribution in [2.75, 3.05) is 13.6 Å². The maximum Gasteiger partial charge on any atom is 0.308 e. The van der Waals surface area contributed by atoms with Gasteiger partial charge in [0.25, 0.3) is 5.91 Å². The molecular weight excluding hydrogens is 296 g/mol. The molecule has 0 aliphatic rings. The minimum absolute atomic E-state index is 0.153. The van der Waals surface area contributed by atoms with Gasteiger partial charge in [0, 0.05) is 25.6 Å². The Morgan fingerprint density at radius 1 is 1.26 bits per heavy atom. The SMILES string of the molecule is CCCC(CNC(=O)CCc1cccc(C(=O)NC)c1)C(=O)O. The number of nitrogens with one attached hydrogen (secondary N) is 2. The van der Waals surface area contributed by atoms with Crippen LogP contribution in [0.25, 0.3) is 0 Å². The smallest absolute Gasteiger partial charge is 0.308 e. The molecule has 23 heavy (non-hydrogen) atoms. The van der Waals surface area contributed by atoms with Gasteiger partial charge in [0.05, 0.1) is 5.92 Å². The predicted molar refractivity (Wildman–Crippen MR) is 87.2 cm³/mol. The van der Waals surface area contributed by atoms with Gasteiger partial charge in [-0.3, -0.25) is 14.4 Å². The summed E-state index contributed by atoms with van der Waals surface area (Å²) in [6.45, 7) is 2.07. The maximum atomic E-state index is 11.8. The monoisotopic (exact) mass is 320 g/mol. The van der Waals surface area contributed by atoms with Crippen molar-refractivity contribution < 1.29 is 19.5 Å². The lowest BCUT2D eigenvalue weighted by Crippen LogP contribution is -2.33. The fourth-order valence-corrected chi connectivity index (χ4v) is 2.26. The van der Waals surface area contributed by atoms with Gasteiger partial charge < -0.3 is 15.7 Å². The number of hydrogen-bond donors (Lipinski definition) is 3. The summed E-state index contributed by atoms with van der Waals surface area (Å²) in [6.07, 6.45) is 2.07. The molecule has 0 radical (unpaired) electrons. The average Bonchev–Trinajstić information content (AvgIpc) is 2.55.